The monoisotopic (exact) mass is 441 g/mol. The highest BCUT2D eigenvalue weighted by Crippen LogP contribution is 2.30. The molecule has 0 unspecified atom stereocenters. The number of carbonyl (C=O) groups is 2. The quantitative estimate of drug-likeness (QED) is 0.454. The molecule has 0 fully saturated rings. The van der Waals surface area contributed by atoms with E-state index in [0.717, 1.165) is 22.3 Å². The minimum atomic E-state index is -0.406. The van der Waals surface area contributed by atoms with Crippen molar-refractivity contribution >= 4 is 40.8 Å². The molecule has 0 aliphatic heterocycles. The number of methoxy groups -OCH3 is 1. The van der Waals surface area contributed by atoms with E-state index in [1.165, 1.54) is 7.11 Å². The topological polar surface area (TPSA) is 55.4 Å². The van der Waals surface area contributed by atoms with Crippen LogP contribution in [0.25, 0.3) is 11.1 Å². The van der Waals surface area contributed by atoms with Gasteiger partial charge < -0.3 is 10.1 Å². The van der Waals surface area contributed by atoms with Gasteiger partial charge in [0.25, 0.3) is 0 Å². The molecule has 0 atom stereocenters. The van der Waals surface area contributed by atoms with Gasteiger partial charge in [0.1, 0.15) is 0 Å². The molecule has 0 bridgehead atoms. The van der Waals surface area contributed by atoms with E-state index >= 15 is 0 Å². The molecule has 0 aromatic heterocycles. The molecule has 3 aromatic carbocycles. The average Bonchev–Trinajstić information content (AvgIpc) is 2.74. The van der Waals surface area contributed by atoms with Crippen LogP contribution in [0.5, 0.6) is 0 Å². The maximum Gasteiger partial charge on any atom is 0.337 e. The summed E-state index contributed by atoms with van der Waals surface area (Å²) < 4.78 is 4.80. The molecule has 154 valence electrons. The van der Waals surface area contributed by atoms with Crippen LogP contribution >= 0.6 is 23.2 Å². The highest BCUT2D eigenvalue weighted by Gasteiger charge is 2.12. The Bertz CT molecular complexity index is 1100. The van der Waals surface area contributed by atoms with Crippen molar-refractivity contribution in [1.29, 1.82) is 0 Å². The summed E-state index contributed by atoms with van der Waals surface area (Å²) in [4.78, 5) is 24.5. The Morgan fingerprint density at radius 3 is 2.50 bits per heavy atom. The third kappa shape index (κ3) is 5.41. The average molecular weight is 442 g/mol. The van der Waals surface area contributed by atoms with Gasteiger partial charge in [0.2, 0.25) is 5.91 Å². The van der Waals surface area contributed by atoms with Gasteiger partial charge in [-0.15, -0.1) is 0 Å². The smallest absolute Gasteiger partial charge is 0.337 e. The summed E-state index contributed by atoms with van der Waals surface area (Å²) in [6.45, 7) is 1.96. The Morgan fingerprint density at radius 1 is 0.967 bits per heavy atom. The third-order valence-electron chi connectivity index (χ3n) is 4.67. The number of amides is 1. The van der Waals surface area contributed by atoms with Crippen LogP contribution in [0.3, 0.4) is 0 Å². The number of rotatable bonds is 6. The second-order valence-corrected chi connectivity index (χ2v) is 7.73. The molecule has 0 saturated heterocycles. The Morgan fingerprint density at radius 2 is 1.77 bits per heavy atom. The van der Waals surface area contributed by atoms with Gasteiger partial charge in [-0.25, -0.2) is 4.79 Å². The minimum Gasteiger partial charge on any atom is -0.465 e. The number of benzene rings is 3. The van der Waals surface area contributed by atoms with Crippen LogP contribution in [0.1, 0.15) is 27.9 Å². The lowest BCUT2D eigenvalue weighted by Gasteiger charge is -2.13. The fraction of sp³-hybridized carbons (Fsp3) is 0.167. The van der Waals surface area contributed by atoms with E-state index in [1.807, 2.05) is 37.3 Å². The summed E-state index contributed by atoms with van der Waals surface area (Å²) >= 11 is 12.0. The van der Waals surface area contributed by atoms with Gasteiger partial charge in [-0.2, -0.15) is 0 Å². The molecule has 0 spiro atoms. The number of hydrogen-bond donors (Lipinski definition) is 1. The normalized spacial score (nSPS) is 10.5. The Kier molecular flexibility index (Phi) is 7.14. The summed E-state index contributed by atoms with van der Waals surface area (Å²) in [6.07, 6.45) is 0.843. The lowest BCUT2D eigenvalue weighted by molar-refractivity contribution is -0.116. The summed E-state index contributed by atoms with van der Waals surface area (Å²) in [5.41, 5.74) is 4.74. The van der Waals surface area contributed by atoms with Crippen molar-refractivity contribution in [3.05, 3.63) is 87.4 Å². The van der Waals surface area contributed by atoms with E-state index in [1.54, 1.807) is 30.3 Å². The molecule has 30 heavy (non-hydrogen) atoms. The van der Waals surface area contributed by atoms with Crippen molar-refractivity contribution in [1.82, 2.24) is 0 Å². The molecule has 3 aromatic rings. The Labute approximate surface area is 185 Å². The van der Waals surface area contributed by atoms with Crippen LogP contribution in [0, 0.1) is 6.92 Å². The van der Waals surface area contributed by atoms with Gasteiger partial charge in [0, 0.05) is 17.7 Å². The second-order valence-electron chi connectivity index (χ2n) is 6.92. The highest BCUT2D eigenvalue weighted by atomic mass is 35.5. The first-order valence-corrected chi connectivity index (χ1v) is 10.2. The number of carbonyl (C=O) groups excluding carboxylic acids is 2. The molecule has 0 aliphatic carbocycles. The van der Waals surface area contributed by atoms with Crippen molar-refractivity contribution in [2.45, 2.75) is 19.8 Å². The zero-order valence-electron chi connectivity index (χ0n) is 16.7. The van der Waals surface area contributed by atoms with Crippen molar-refractivity contribution < 1.29 is 14.3 Å². The predicted octanol–water partition coefficient (Wildman–Crippen LogP) is 6.33. The maximum atomic E-state index is 12.6. The minimum absolute atomic E-state index is 0.114. The van der Waals surface area contributed by atoms with Crippen molar-refractivity contribution in [3.8, 4) is 11.1 Å². The first kappa shape index (κ1) is 21.9. The van der Waals surface area contributed by atoms with Gasteiger partial charge in [0.05, 0.1) is 22.7 Å². The van der Waals surface area contributed by atoms with E-state index in [4.69, 9.17) is 27.9 Å². The van der Waals surface area contributed by atoms with Gasteiger partial charge in [-0.1, -0.05) is 53.5 Å². The van der Waals surface area contributed by atoms with Crippen molar-refractivity contribution in [3.63, 3.8) is 0 Å². The highest BCUT2D eigenvalue weighted by molar-refractivity contribution is 6.42. The fourth-order valence-corrected chi connectivity index (χ4v) is 3.43. The Balaban J connectivity index is 1.79. The third-order valence-corrected chi connectivity index (χ3v) is 5.41. The van der Waals surface area contributed by atoms with Crippen LogP contribution in [0.4, 0.5) is 5.69 Å². The predicted molar refractivity (Wildman–Crippen MR) is 121 cm³/mol. The number of halogens is 2. The first-order chi connectivity index (χ1) is 14.4. The number of nitrogens with one attached hydrogen (secondary N) is 1. The van der Waals surface area contributed by atoms with Gasteiger partial charge in [-0.05, 0) is 60.4 Å². The largest absolute Gasteiger partial charge is 0.465 e. The number of hydrogen-bond acceptors (Lipinski definition) is 3. The van der Waals surface area contributed by atoms with E-state index < -0.39 is 5.97 Å². The molecule has 0 saturated carbocycles. The molecule has 0 heterocycles. The van der Waals surface area contributed by atoms with Crippen LogP contribution in [-0.4, -0.2) is 19.0 Å². The number of esters is 1. The molecular weight excluding hydrogens is 421 g/mol. The lowest BCUT2D eigenvalue weighted by atomic mass is 9.99. The lowest BCUT2D eigenvalue weighted by Crippen LogP contribution is -2.13. The van der Waals surface area contributed by atoms with Crippen LogP contribution < -0.4 is 5.32 Å². The summed E-state index contributed by atoms with van der Waals surface area (Å²) in [5.74, 6) is -0.520. The van der Waals surface area contributed by atoms with Crippen LogP contribution in [-0.2, 0) is 16.0 Å². The SMILES string of the molecule is COC(=O)c1cccc(-c2ccc(C)cc2NC(=O)CCc2ccc(Cl)c(Cl)c2)c1. The molecular formula is C24H21Cl2NO3. The van der Waals surface area contributed by atoms with E-state index in [0.29, 0.717) is 34.1 Å². The Hall–Kier alpha value is -2.82. The number of ether oxygens (including phenoxy) is 1. The standard InChI is InChI=1S/C24H21Cl2NO3/c1-15-6-9-19(17-4-3-5-18(14-17)24(29)30-2)22(12-15)27-23(28)11-8-16-7-10-20(25)21(26)13-16/h3-7,9-10,12-14H,8,11H2,1-2H3,(H,27,28). The molecule has 1 N–H and O–H groups in total. The molecule has 0 radical (unpaired) electrons. The van der Waals surface area contributed by atoms with Crippen LogP contribution in [0.2, 0.25) is 10.0 Å². The van der Waals surface area contributed by atoms with E-state index in [-0.39, 0.29) is 5.91 Å². The van der Waals surface area contributed by atoms with Gasteiger partial charge >= 0.3 is 5.97 Å². The number of anilines is 1. The van der Waals surface area contributed by atoms with Gasteiger partial charge in [0.15, 0.2) is 0 Å². The van der Waals surface area contributed by atoms with E-state index in [2.05, 4.69) is 5.32 Å². The molecule has 4 nitrogen and oxygen atoms in total. The fourth-order valence-electron chi connectivity index (χ4n) is 3.11. The maximum absolute atomic E-state index is 12.6. The molecule has 3 rings (SSSR count). The zero-order chi connectivity index (χ0) is 21.7. The summed E-state index contributed by atoms with van der Waals surface area (Å²) in [5, 5.41) is 3.96. The van der Waals surface area contributed by atoms with Crippen molar-refractivity contribution in [2.24, 2.45) is 0 Å². The number of aryl methyl sites for hydroxylation is 2. The summed E-state index contributed by atoms with van der Waals surface area (Å²) in [6, 6.07) is 18.3. The second kappa shape index (κ2) is 9.79. The first-order valence-electron chi connectivity index (χ1n) is 9.40. The summed E-state index contributed by atoms with van der Waals surface area (Å²) in [7, 11) is 1.35. The zero-order valence-corrected chi connectivity index (χ0v) is 18.2. The molecule has 6 heteroatoms. The van der Waals surface area contributed by atoms with Crippen LogP contribution in [0.15, 0.2) is 60.7 Å². The van der Waals surface area contributed by atoms with Gasteiger partial charge in [-0.3, -0.25) is 4.79 Å². The van der Waals surface area contributed by atoms with Crippen molar-refractivity contribution in [2.75, 3.05) is 12.4 Å². The van der Waals surface area contributed by atoms with E-state index in [9.17, 15) is 9.59 Å². The molecule has 0 aliphatic rings. The molecule has 1 amide bonds.